The molecule has 3 aliphatic rings. The number of nitrogens with zero attached hydrogens (tertiary/aromatic N) is 1. The van der Waals surface area contributed by atoms with Crippen LogP contribution >= 0.6 is 11.8 Å². The predicted octanol–water partition coefficient (Wildman–Crippen LogP) is 4.37. The summed E-state index contributed by atoms with van der Waals surface area (Å²) in [7, 11) is 0. The van der Waals surface area contributed by atoms with Crippen LogP contribution in [-0.4, -0.2) is 16.3 Å². The molecule has 92 valence electrons. The van der Waals surface area contributed by atoms with Gasteiger partial charge in [-0.1, -0.05) is 41.0 Å². The predicted molar refractivity (Wildman–Crippen MR) is 74.2 cm³/mol. The normalized spacial score (nSPS) is 40.9. The van der Waals surface area contributed by atoms with Crippen LogP contribution in [0.4, 0.5) is 0 Å². The third-order valence-corrected chi connectivity index (χ3v) is 6.68. The van der Waals surface area contributed by atoms with Crippen LogP contribution in [0, 0.1) is 17.3 Å². The van der Waals surface area contributed by atoms with Gasteiger partial charge >= 0.3 is 0 Å². The Balaban J connectivity index is 2.17. The van der Waals surface area contributed by atoms with Crippen molar-refractivity contribution in [3.8, 4) is 0 Å². The second-order valence-corrected chi connectivity index (χ2v) is 7.06. The van der Waals surface area contributed by atoms with Crippen molar-refractivity contribution < 1.29 is 0 Å². The number of hydrogen-bond donors (Lipinski definition) is 0. The summed E-state index contributed by atoms with van der Waals surface area (Å²) in [6.07, 6.45) is 3.79. The summed E-state index contributed by atoms with van der Waals surface area (Å²) in [6.45, 7) is 11.7. The van der Waals surface area contributed by atoms with Gasteiger partial charge in [-0.15, -0.1) is 11.8 Å². The Labute approximate surface area is 104 Å². The minimum atomic E-state index is 0.357. The summed E-state index contributed by atoms with van der Waals surface area (Å²) in [5.74, 6) is 1.62. The highest BCUT2D eigenvalue weighted by atomic mass is 32.2. The maximum absolute atomic E-state index is 5.05. The lowest BCUT2D eigenvalue weighted by Gasteiger charge is -2.52. The highest BCUT2D eigenvalue weighted by Crippen LogP contribution is 2.53. The molecule has 16 heavy (non-hydrogen) atoms. The molecule has 3 atom stereocenters. The Morgan fingerprint density at radius 3 is 2.25 bits per heavy atom. The maximum atomic E-state index is 5.05. The minimum Gasteiger partial charge on any atom is -0.278 e. The van der Waals surface area contributed by atoms with E-state index in [0.717, 1.165) is 17.1 Å². The summed E-state index contributed by atoms with van der Waals surface area (Å²) in [4.78, 5) is 5.05. The molecule has 2 heterocycles. The average molecular weight is 239 g/mol. The van der Waals surface area contributed by atoms with E-state index in [1.165, 1.54) is 24.3 Å². The van der Waals surface area contributed by atoms with E-state index in [9.17, 15) is 0 Å². The number of fused-ring (bicyclic) bond motifs is 1. The van der Waals surface area contributed by atoms with Gasteiger partial charge in [0.1, 0.15) is 0 Å². The summed E-state index contributed by atoms with van der Waals surface area (Å²) >= 11 is 2.09. The van der Waals surface area contributed by atoms with Gasteiger partial charge in [0.15, 0.2) is 0 Å². The van der Waals surface area contributed by atoms with Gasteiger partial charge in [0.05, 0.1) is 11.1 Å². The molecule has 0 spiro atoms. The van der Waals surface area contributed by atoms with Crippen molar-refractivity contribution >= 4 is 16.8 Å². The molecule has 2 aliphatic heterocycles. The van der Waals surface area contributed by atoms with Gasteiger partial charge in [-0.3, -0.25) is 4.99 Å². The molecular formula is C14H25NS. The molecule has 0 N–H and O–H groups in total. The van der Waals surface area contributed by atoms with E-state index in [1.54, 1.807) is 0 Å². The van der Waals surface area contributed by atoms with E-state index in [1.807, 2.05) is 0 Å². The van der Waals surface area contributed by atoms with Crippen LogP contribution in [0.2, 0.25) is 0 Å². The third-order valence-electron chi connectivity index (χ3n) is 4.73. The van der Waals surface area contributed by atoms with Crippen molar-refractivity contribution in [2.45, 2.75) is 65.2 Å². The first kappa shape index (κ1) is 12.5. The summed E-state index contributed by atoms with van der Waals surface area (Å²) < 4.78 is 0. The summed E-state index contributed by atoms with van der Waals surface area (Å²) in [5.41, 5.74) is 0.357. The molecule has 2 heteroatoms. The van der Waals surface area contributed by atoms with Crippen molar-refractivity contribution in [2.24, 2.45) is 22.2 Å². The van der Waals surface area contributed by atoms with Gasteiger partial charge in [0, 0.05) is 10.7 Å². The Morgan fingerprint density at radius 1 is 1.25 bits per heavy atom. The SMILES string of the molecule is CCCC(C)(CC)C1=NC2C(C)C(S1)C2C. The standard InChI is InChI=1S/C14H25NS/c1-6-8-14(5,7-2)13-15-11-9(3)12(16-13)10(11)4/h9-12H,6-8H2,1-5H3. The van der Waals surface area contributed by atoms with Crippen LogP contribution in [0.1, 0.15) is 53.9 Å². The quantitative estimate of drug-likeness (QED) is 0.709. The molecular weight excluding hydrogens is 214 g/mol. The average Bonchev–Trinajstić information content (AvgIpc) is 2.30. The monoisotopic (exact) mass is 239 g/mol. The molecule has 3 rings (SSSR count). The maximum Gasteiger partial charge on any atom is 0.0741 e. The van der Waals surface area contributed by atoms with Gasteiger partial charge in [-0.05, 0) is 24.7 Å². The van der Waals surface area contributed by atoms with Crippen molar-refractivity contribution in [3.05, 3.63) is 0 Å². The number of thioether (sulfide) groups is 1. The third kappa shape index (κ3) is 1.73. The van der Waals surface area contributed by atoms with Crippen LogP contribution in [0.15, 0.2) is 4.99 Å². The second-order valence-electron chi connectivity index (χ2n) is 5.89. The first-order valence-corrected chi connectivity index (χ1v) is 7.66. The largest absolute Gasteiger partial charge is 0.278 e. The minimum absolute atomic E-state index is 0.357. The highest BCUT2D eigenvalue weighted by Gasteiger charge is 2.51. The topological polar surface area (TPSA) is 12.4 Å². The molecule has 0 aromatic carbocycles. The number of aliphatic imine (C=N–C) groups is 1. The van der Waals surface area contributed by atoms with Gasteiger partial charge in [0.2, 0.25) is 0 Å². The highest BCUT2D eigenvalue weighted by molar-refractivity contribution is 8.14. The fourth-order valence-corrected chi connectivity index (χ4v) is 4.95. The van der Waals surface area contributed by atoms with E-state index in [2.05, 4.69) is 46.4 Å². The van der Waals surface area contributed by atoms with Crippen LogP contribution < -0.4 is 0 Å². The van der Waals surface area contributed by atoms with Gasteiger partial charge in [0.25, 0.3) is 0 Å². The summed E-state index contributed by atoms with van der Waals surface area (Å²) in [6, 6.07) is 0.629. The Morgan fingerprint density at radius 2 is 1.88 bits per heavy atom. The molecule has 1 fully saturated rings. The zero-order valence-corrected chi connectivity index (χ0v) is 12.1. The Hall–Kier alpha value is 0.0200. The van der Waals surface area contributed by atoms with Crippen LogP contribution in [0.3, 0.4) is 0 Å². The van der Waals surface area contributed by atoms with Crippen LogP contribution in [0.25, 0.3) is 0 Å². The number of hydrogen-bond acceptors (Lipinski definition) is 2. The molecule has 1 aliphatic carbocycles. The van der Waals surface area contributed by atoms with Crippen LogP contribution in [0.5, 0.6) is 0 Å². The van der Waals surface area contributed by atoms with Gasteiger partial charge in [-0.25, -0.2) is 0 Å². The molecule has 0 saturated heterocycles. The Kier molecular flexibility index (Phi) is 3.40. The van der Waals surface area contributed by atoms with Gasteiger partial charge < -0.3 is 0 Å². The Bertz CT molecular complexity index is 289. The smallest absolute Gasteiger partial charge is 0.0741 e. The van der Waals surface area contributed by atoms with Crippen molar-refractivity contribution in [2.75, 3.05) is 0 Å². The molecule has 0 amide bonds. The lowest BCUT2D eigenvalue weighted by molar-refractivity contribution is 0.190. The van der Waals surface area contributed by atoms with E-state index >= 15 is 0 Å². The van der Waals surface area contributed by atoms with Crippen LogP contribution in [-0.2, 0) is 0 Å². The fraction of sp³-hybridized carbons (Fsp3) is 0.929. The van der Waals surface area contributed by atoms with E-state index in [0.29, 0.717) is 11.5 Å². The second kappa shape index (κ2) is 4.36. The van der Waals surface area contributed by atoms with E-state index < -0.39 is 0 Å². The lowest BCUT2D eigenvalue weighted by Crippen LogP contribution is -2.55. The van der Waals surface area contributed by atoms with Crippen molar-refractivity contribution in [1.82, 2.24) is 0 Å². The lowest BCUT2D eigenvalue weighted by atomic mass is 9.71. The van der Waals surface area contributed by atoms with Gasteiger partial charge in [-0.2, -0.15) is 0 Å². The van der Waals surface area contributed by atoms with Crippen molar-refractivity contribution in [3.63, 3.8) is 0 Å². The van der Waals surface area contributed by atoms with E-state index in [-0.39, 0.29) is 0 Å². The summed E-state index contributed by atoms with van der Waals surface area (Å²) in [5, 5.41) is 2.31. The fourth-order valence-electron chi connectivity index (χ4n) is 3.23. The first-order chi connectivity index (χ1) is 7.53. The molecule has 0 aromatic rings. The molecule has 1 nitrogen and oxygen atoms in total. The van der Waals surface area contributed by atoms with E-state index in [4.69, 9.17) is 4.99 Å². The number of rotatable bonds is 4. The first-order valence-electron chi connectivity index (χ1n) is 6.78. The molecule has 1 saturated carbocycles. The zero-order chi connectivity index (χ0) is 11.9. The molecule has 3 unspecified atom stereocenters. The molecule has 2 bridgehead atoms. The van der Waals surface area contributed by atoms with Crippen molar-refractivity contribution in [1.29, 1.82) is 0 Å². The molecule has 0 radical (unpaired) electrons. The zero-order valence-electron chi connectivity index (χ0n) is 11.3. The molecule has 0 aromatic heterocycles.